The van der Waals surface area contributed by atoms with Crippen LogP contribution in [0.4, 0.5) is 0 Å². The third-order valence-electron chi connectivity index (χ3n) is 3.50. The normalized spacial score (nSPS) is 13.9. The second-order valence-electron chi connectivity index (χ2n) is 5.98. The van der Waals surface area contributed by atoms with Crippen LogP contribution in [0.3, 0.4) is 0 Å². The molecule has 3 heteroatoms. The summed E-state index contributed by atoms with van der Waals surface area (Å²) >= 11 is 0. The Morgan fingerprint density at radius 1 is 1.41 bits per heavy atom. The highest BCUT2D eigenvalue weighted by Gasteiger charge is 2.19. The maximum atomic E-state index is 4.21. The molecule has 3 nitrogen and oxygen atoms in total. The zero-order valence-electron chi connectivity index (χ0n) is 12.0. The molecular weight excluding hydrogens is 210 g/mol. The van der Waals surface area contributed by atoms with E-state index in [1.54, 1.807) is 0 Å². The fraction of sp³-hybridized carbons (Fsp3) is 0.786. The largest absolute Gasteiger partial charge is 0.333 e. The van der Waals surface area contributed by atoms with Crippen molar-refractivity contribution < 1.29 is 0 Å². The molecule has 0 amide bonds. The maximum Gasteiger partial charge on any atom is 0.0948 e. The molecule has 0 aromatic carbocycles. The van der Waals surface area contributed by atoms with E-state index >= 15 is 0 Å². The van der Waals surface area contributed by atoms with Crippen LogP contribution in [0, 0.1) is 11.3 Å². The van der Waals surface area contributed by atoms with Gasteiger partial charge in [0.05, 0.1) is 12.0 Å². The number of aromatic nitrogens is 2. The predicted molar refractivity (Wildman–Crippen MR) is 72.8 cm³/mol. The summed E-state index contributed by atoms with van der Waals surface area (Å²) in [5, 5.41) is 3.53. The Morgan fingerprint density at radius 2 is 2.12 bits per heavy atom. The summed E-state index contributed by atoms with van der Waals surface area (Å²) in [6.45, 7) is 14.4. The molecule has 1 unspecified atom stereocenters. The van der Waals surface area contributed by atoms with Crippen molar-refractivity contribution in [2.75, 3.05) is 6.54 Å². The first kappa shape index (κ1) is 14.2. The second kappa shape index (κ2) is 6.20. The van der Waals surface area contributed by atoms with E-state index in [1.807, 2.05) is 12.5 Å². The SMILES string of the molecule is CCCn1cncc1CNCC(C)C(C)(C)C. The van der Waals surface area contributed by atoms with Crippen LogP contribution in [-0.4, -0.2) is 16.1 Å². The molecule has 0 spiro atoms. The Labute approximate surface area is 106 Å². The molecule has 1 rings (SSSR count). The third-order valence-corrected chi connectivity index (χ3v) is 3.50. The van der Waals surface area contributed by atoms with Crippen molar-refractivity contribution in [1.29, 1.82) is 0 Å². The number of imidazole rings is 1. The molecule has 1 N–H and O–H groups in total. The number of nitrogens with zero attached hydrogens (tertiary/aromatic N) is 2. The molecule has 0 saturated carbocycles. The van der Waals surface area contributed by atoms with E-state index in [0.717, 1.165) is 26.1 Å². The zero-order valence-corrected chi connectivity index (χ0v) is 12.0. The molecule has 0 radical (unpaired) electrons. The lowest BCUT2D eigenvalue weighted by atomic mass is 9.82. The molecule has 0 fully saturated rings. The molecule has 0 aliphatic carbocycles. The third kappa shape index (κ3) is 4.50. The van der Waals surface area contributed by atoms with Crippen LogP contribution >= 0.6 is 0 Å². The van der Waals surface area contributed by atoms with Crippen LogP contribution in [0.1, 0.15) is 46.7 Å². The van der Waals surface area contributed by atoms with E-state index in [9.17, 15) is 0 Å². The summed E-state index contributed by atoms with van der Waals surface area (Å²) in [6.07, 6.45) is 5.04. The van der Waals surface area contributed by atoms with Crippen LogP contribution in [0.25, 0.3) is 0 Å². The average Bonchev–Trinajstić information content (AvgIpc) is 2.65. The Balaban J connectivity index is 2.38. The van der Waals surface area contributed by atoms with Crippen molar-refractivity contribution in [3.63, 3.8) is 0 Å². The second-order valence-corrected chi connectivity index (χ2v) is 5.98. The number of hydrogen-bond acceptors (Lipinski definition) is 2. The van der Waals surface area contributed by atoms with Gasteiger partial charge >= 0.3 is 0 Å². The summed E-state index contributed by atoms with van der Waals surface area (Å²) in [5.41, 5.74) is 1.66. The van der Waals surface area contributed by atoms with E-state index in [4.69, 9.17) is 0 Å². The first-order valence-corrected chi connectivity index (χ1v) is 6.65. The van der Waals surface area contributed by atoms with Crippen LogP contribution in [-0.2, 0) is 13.1 Å². The van der Waals surface area contributed by atoms with E-state index in [-0.39, 0.29) is 0 Å². The minimum Gasteiger partial charge on any atom is -0.333 e. The van der Waals surface area contributed by atoms with Gasteiger partial charge in [0.15, 0.2) is 0 Å². The molecule has 0 saturated heterocycles. The van der Waals surface area contributed by atoms with Crippen molar-refractivity contribution >= 4 is 0 Å². The molecule has 1 aromatic rings. The summed E-state index contributed by atoms with van der Waals surface area (Å²) < 4.78 is 2.23. The lowest BCUT2D eigenvalue weighted by molar-refractivity contribution is 0.252. The highest BCUT2D eigenvalue weighted by atomic mass is 15.1. The number of nitrogens with one attached hydrogen (secondary N) is 1. The van der Waals surface area contributed by atoms with Crippen LogP contribution in [0.2, 0.25) is 0 Å². The quantitative estimate of drug-likeness (QED) is 0.824. The lowest BCUT2D eigenvalue weighted by Crippen LogP contribution is -2.29. The molecule has 17 heavy (non-hydrogen) atoms. The zero-order chi connectivity index (χ0) is 12.9. The van der Waals surface area contributed by atoms with Crippen molar-refractivity contribution in [3.05, 3.63) is 18.2 Å². The van der Waals surface area contributed by atoms with Gasteiger partial charge in [0.25, 0.3) is 0 Å². The molecule has 0 aliphatic rings. The molecule has 1 aromatic heterocycles. The maximum absolute atomic E-state index is 4.21. The summed E-state index contributed by atoms with van der Waals surface area (Å²) in [4.78, 5) is 4.21. The Morgan fingerprint density at radius 3 is 2.71 bits per heavy atom. The van der Waals surface area contributed by atoms with Crippen molar-refractivity contribution in [3.8, 4) is 0 Å². The minimum atomic E-state index is 0.372. The molecule has 1 heterocycles. The Kier molecular flexibility index (Phi) is 5.19. The lowest BCUT2D eigenvalue weighted by Gasteiger charge is -2.27. The van der Waals surface area contributed by atoms with Gasteiger partial charge in [-0.1, -0.05) is 34.6 Å². The highest BCUT2D eigenvalue weighted by Crippen LogP contribution is 2.24. The van der Waals surface area contributed by atoms with E-state index < -0.39 is 0 Å². The summed E-state index contributed by atoms with van der Waals surface area (Å²) in [5.74, 6) is 0.671. The topological polar surface area (TPSA) is 29.9 Å². The average molecular weight is 237 g/mol. The minimum absolute atomic E-state index is 0.372. The van der Waals surface area contributed by atoms with Crippen LogP contribution in [0.15, 0.2) is 12.5 Å². The fourth-order valence-corrected chi connectivity index (χ4v) is 1.66. The Hall–Kier alpha value is -0.830. The van der Waals surface area contributed by atoms with Gasteiger partial charge in [-0.3, -0.25) is 0 Å². The molecular formula is C14H27N3. The van der Waals surface area contributed by atoms with Gasteiger partial charge in [-0.05, 0) is 24.3 Å². The molecule has 98 valence electrons. The van der Waals surface area contributed by atoms with Crippen LogP contribution in [0.5, 0.6) is 0 Å². The van der Waals surface area contributed by atoms with Gasteiger partial charge < -0.3 is 9.88 Å². The first-order valence-electron chi connectivity index (χ1n) is 6.65. The summed E-state index contributed by atoms with van der Waals surface area (Å²) in [7, 11) is 0. The van der Waals surface area contributed by atoms with E-state index in [0.29, 0.717) is 11.3 Å². The molecule has 0 aliphatic heterocycles. The van der Waals surface area contributed by atoms with Crippen molar-refractivity contribution in [2.45, 2.75) is 54.1 Å². The van der Waals surface area contributed by atoms with Gasteiger partial charge in [-0.15, -0.1) is 0 Å². The monoisotopic (exact) mass is 237 g/mol. The molecule has 0 bridgehead atoms. The Bertz CT molecular complexity index is 322. The predicted octanol–water partition coefficient (Wildman–Crippen LogP) is 3.06. The van der Waals surface area contributed by atoms with Crippen LogP contribution < -0.4 is 5.32 Å². The standard InChI is InChI=1S/C14H27N3/c1-6-7-17-11-16-10-13(17)9-15-8-12(2)14(3,4)5/h10-12,15H,6-9H2,1-5H3. The van der Waals surface area contributed by atoms with E-state index in [1.165, 1.54) is 5.69 Å². The van der Waals surface area contributed by atoms with Gasteiger partial charge in [0.1, 0.15) is 0 Å². The van der Waals surface area contributed by atoms with Gasteiger partial charge in [0.2, 0.25) is 0 Å². The van der Waals surface area contributed by atoms with Crippen molar-refractivity contribution in [2.24, 2.45) is 11.3 Å². The number of rotatable bonds is 6. The highest BCUT2D eigenvalue weighted by molar-refractivity contribution is 4.97. The number of aryl methyl sites for hydroxylation is 1. The summed E-state index contributed by atoms with van der Waals surface area (Å²) in [6, 6.07) is 0. The molecule has 1 atom stereocenters. The smallest absolute Gasteiger partial charge is 0.0948 e. The fourth-order valence-electron chi connectivity index (χ4n) is 1.66. The van der Waals surface area contributed by atoms with Crippen molar-refractivity contribution in [1.82, 2.24) is 14.9 Å². The van der Waals surface area contributed by atoms with Gasteiger partial charge in [0, 0.05) is 19.3 Å². The van der Waals surface area contributed by atoms with Gasteiger partial charge in [-0.2, -0.15) is 0 Å². The first-order chi connectivity index (χ1) is 7.95. The van der Waals surface area contributed by atoms with E-state index in [2.05, 4.69) is 49.5 Å². The number of hydrogen-bond donors (Lipinski definition) is 1. The van der Waals surface area contributed by atoms with Gasteiger partial charge in [-0.25, -0.2) is 4.98 Å².